The van der Waals surface area contributed by atoms with Gasteiger partial charge < -0.3 is 33.7 Å². The third-order valence-corrected chi connectivity index (χ3v) is 5.10. The maximum absolute atomic E-state index is 6.08. The zero-order valence-corrected chi connectivity index (χ0v) is 20.1. The van der Waals surface area contributed by atoms with Crippen LogP contribution in [0.5, 0.6) is 17.2 Å². The number of methoxy groups -OCH3 is 3. The molecule has 0 amide bonds. The molecule has 0 saturated carbocycles. The fraction of sp³-hybridized carbons (Fsp3) is 0.520. The van der Waals surface area contributed by atoms with Gasteiger partial charge in [0.1, 0.15) is 5.75 Å². The number of benzene rings is 2. The van der Waals surface area contributed by atoms with E-state index >= 15 is 0 Å². The summed E-state index contributed by atoms with van der Waals surface area (Å²) in [6, 6.07) is 11.8. The Balaban J connectivity index is 2.31. The standard InChI is InChI=1S/C25H37NO6/c1-7-31-23(32-8-2)15-26-21(17-30-16-19-12-10-9-11-13-19)20-14-22(27-4)18(3)24(28-5)25(20)29-6/h9-14,21,23,26H,7-8,15-17H2,1-6H3/t21-/m0/s1. The highest BCUT2D eigenvalue weighted by Crippen LogP contribution is 2.42. The van der Waals surface area contributed by atoms with Crippen molar-refractivity contribution in [1.82, 2.24) is 5.32 Å². The number of ether oxygens (including phenoxy) is 6. The maximum atomic E-state index is 6.08. The lowest BCUT2D eigenvalue weighted by atomic mass is 10.0. The lowest BCUT2D eigenvalue weighted by Crippen LogP contribution is -2.36. The van der Waals surface area contributed by atoms with E-state index in [4.69, 9.17) is 28.4 Å². The SMILES string of the molecule is CCOC(CN[C@@H](COCc1ccccc1)c1cc(OC)c(C)c(OC)c1OC)OCC. The second-order valence-electron chi connectivity index (χ2n) is 7.16. The van der Waals surface area contributed by atoms with Crippen molar-refractivity contribution in [2.45, 2.75) is 39.7 Å². The summed E-state index contributed by atoms with van der Waals surface area (Å²) in [6.07, 6.45) is -0.359. The van der Waals surface area contributed by atoms with E-state index in [-0.39, 0.29) is 12.3 Å². The van der Waals surface area contributed by atoms with E-state index in [1.165, 1.54) is 0 Å². The van der Waals surface area contributed by atoms with Crippen molar-refractivity contribution in [3.05, 3.63) is 53.1 Å². The lowest BCUT2D eigenvalue weighted by Gasteiger charge is -2.26. The molecule has 0 spiro atoms. The van der Waals surface area contributed by atoms with Crippen LogP contribution in [-0.4, -0.2) is 54.0 Å². The summed E-state index contributed by atoms with van der Waals surface area (Å²) in [5.74, 6) is 2.01. The first-order valence-electron chi connectivity index (χ1n) is 11.0. The molecule has 7 heteroatoms. The molecule has 178 valence electrons. The van der Waals surface area contributed by atoms with Gasteiger partial charge in [0, 0.05) is 30.9 Å². The van der Waals surface area contributed by atoms with Crippen LogP contribution in [-0.2, 0) is 20.8 Å². The fourth-order valence-corrected chi connectivity index (χ4v) is 3.56. The highest BCUT2D eigenvalue weighted by molar-refractivity contribution is 5.58. The molecule has 1 N–H and O–H groups in total. The van der Waals surface area contributed by atoms with Crippen LogP contribution in [0.4, 0.5) is 0 Å². The molecule has 7 nitrogen and oxygen atoms in total. The first-order chi connectivity index (χ1) is 15.6. The zero-order chi connectivity index (χ0) is 23.3. The van der Waals surface area contributed by atoms with E-state index in [2.05, 4.69) is 5.32 Å². The van der Waals surface area contributed by atoms with Gasteiger partial charge in [-0.2, -0.15) is 0 Å². The molecule has 0 aliphatic rings. The minimum atomic E-state index is -0.359. The van der Waals surface area contributed by atoms with Crippen LogP contribution in [0.2, 0.25) is 0 Å². The van der Waals surface area contributed by atoms with Gasteiger partial charge in [0.15, 0.2) is 17.8 Å². The van der Waals surface area contributed by atoms with Crippen LogP contribution in [0.15, 0.2) is 36.4 Å². The zero-order valence-electron chi connectivity index (χ0n) is 20.1. The van der Waals surface area contributed by atoms with Crippen molar-refractivity contribution in [3.63, 3.8) is 0 Å². The van der Waals surface area contributed by atoms with Gasteiger partial charge in [0.25, 0.3) is 0 Å². The van der Waals surface area contributed by atoms with Gasteiger partial charge in [0.05, 0.1) is 40.6 Å². The van der Waals surface area contributed by atoms with Crippen LogP contribution in [0.25, 0.3) is 0 Å². The molecule has 0 aliphatic heterocycles. The molecule has 0 unspecified atom stereocenters. The molecule has 0 fully saturated rings. The Morgan fingerprint density at radius 2 is 1.53 bits per heavy atom. The Morgan fingerprint density at radius 1 is 0.875 bits per heavy atom. The molecule has 0 saturated heterocycles. The Labute approximate surface area is 191 Å². The van der Waals surface area contributed by atoms with E-state index in [9.17, 15) is 0 Å². The van der Waals surface area contributed by atoms with Crippen molar-refractivity contribution in [2.75, 3.05) is 47.7 Å². The molecular weight excluding hydrogens is 410 g/mol. The second-order valence-corrected chi connectivity index (χ2v) is 7.16. The molecule has 0 radical (unpaired) electrons. The quantitative estimate of drug-likeness (QED) is 0.409. The third kappa shape index (κ3) is 7.10. The summed E-state index contributed by atoms with van der Waals surface area (Å²) in [4.78, 5) is 0. The molecule has 32 heavy (non-hydrogen) atoms. The molecule has 0 aliphatic carbocycles. The van der Waals surface area contributed by atoms with E-state index < -0.39 is 0 Å². The number of hydrogen-bond acceptors (Lipinski definition) is 7. The summed E-state index contributed by atoms with van der Waals surface area (Å²) < 4.78 is 34.5. The van der Waals surface area contributed by atoms with Gasteiger partial charge >= 0.3 is 0 Å². The Bertz CT molecular complexity index is 793. The summed E-state index contributed by atoms with van der Waals surface area (Å²) in [6.45, 7) is 8.37. The first-order valence-corrected chi connectivity index (χ1v) is 11.0. The van der Waals surface area contributed by atoms with Crippen LogP contribution in [0.3, 0.4) is 0 Å². The Kier molecular flexibility index (Phi) is 11.3. The van der Waals surface area contributed by atoms with E-state index in [1.54, 1.807) is 21.3 Å². The maximum Gasteiger partial charge on any atom is 0.169 e. The summed E-state index contributed by atoms with van der Waals surface area (Å²) in [7, 11) is 4.91. The molecule has 2 rings (SSSR count). The van der Waals surface area contributed by atoms with E-state index in [0.29, 0.717) is 44.5 Å². The third-order valence-electron chi connectivity index (χ3n) is 5.10. The van der Waals surface area contributed by atoms with Crippen molar-refractivity contribution in [3.8, 4) is 17.2 Å². The van der Waals surface area contributed by atoms with E-state index in [0.717, 1.165) is 22.4 Å². The van der Waals surface area contributed by atoms with Crippen molar-refractivity contribution < 1.29 is 28.4 Å². The highest BCUT2D eigenvalue weighted by Gasteiger charge is 2.25. The fourth-order valence-electron chi connectivity index (χ4n) is 3.56. The smallest absolute Gasteiger partial charge is 0.169 e. The van der Waals surface area contributed by atoms with Gasteiger partial charge in [-0.25, -0.2) is 0 Å². The molecule has 2 aromatic carbocycles. The molecule has 0 heterocycles. The van der Waals surface area contributed by atoms with Gasteiger partial charge in [0.2, 0.25) is 0 Å². The Hall–Kier alpha value is -2.32. The normalized spacial score (nSPS) is 12.1. The number of hydrogen-bond donors (Lipinski definition) is 1. The van der Waals surface area contributed by atoms with Crippen LogP contribution < -0.4 is 19.5 Å². The summed E-state index contributed by atoms with van der Waals surface area (Å²) >= 11 is 0. The second kappa shape index (κ2) is 14.0. The number of nitrogens with one attached hydrogen (secondary N) is 1. The van der Waals surface area contributed by atoms with Crippen LogP contribution in [0.1, 0.15) is 36.6 Å². The average molecular weight is 448 g/mol. The molecule has 2 aromatic rings. The highest BCUT2D eigenvalue weighted by atomic mass is 16.7. The average Bonchev–Trinajstić information content (AvgIpc) is 2.81. The first kappa shape index (κ1) is 25.9. The molecule has 0 bridgehead atoms. The Morgan fingerprint density at radius 3 is 2.09 bits per heavy atom. The monoisotopic (exact) mass is 447 g/mol. The summed E-state index contributed by atoms with van der Waals surface area (Å²) in [5.41, 5.74) is 2.87. The minimum Gasteiger partial charge on any atom is -0.496 e. The topological polar surface area (TPSA) is 67.4 Å². The van der Waals surface area contributed by atoms with E-state index in [1.807, 2.05) is 57.2 Å². The lowest BCUT2D eigenvalue weighted by molar-refractivity contribution is -0.134. The minimum absolute atomic E-state index is 0.208. The van der Waals surface area contributed by atoms with Crippen LogP contribution in [0, 0.1) is 6.92 Å². The van der Waals surface area contributed by atoms with Crippen molar-refractivity contribution >= 4 is 0 Å². The van der Waals surface area contributed by atoms with Crippen molar-refractivity contribution in [1.29, 1.82) is 0 Å². The van der Waals surface area contributed by atoms with Gasteiger partial charge in [-0.15, -0.1) is 0 Å². The summed E-state index contributed by atoms with van der Waals surface area (Å²) in [5, 5.41) is 3.52. The molecule has 1 atom stereocenters. The largest absolute Gasteiger partial charge is 0.496 e. The van der Waals surface area contributed by atoms with Gasteiger partial charge in [-0.3, -0.25) is 0 Å². The van der Waals surface area contributed by atoms with Gasteiger partial charge in [-0.1, -0.05) is 30.3 Å². The van der Waals surface area contributed by atoms with Gasteiger partial charge in [-0.05, 0) is 32.4 Å². The van der Waals surface area contributed by atoms with Crippen LogP contribution >= 0.6 is 0 Å². The molecular formula is C25H37NO6. The van der Waals surface area contributed by atoms with Crippen molar-refractivity contribution in [2.24, 2.45) is 0 Å². The predicted octanol–water partition coefficient (Wildman–Crippen LogP) is 4.27. The predicted molar refractivity (Wildman–Crippen MR) is 125 cm³/mol. The number of rotatable bonds is 15. The molecule has 0 aromatic heterocycles.